The maximum Gasteiger partial charge on any atom is 0.251 e. The van der Waals surface area contributed by atoms with Gasteiger partial charge in [-0.15, -0.1) is 24.0 Å². The smallest absolute Gasteiger partial charge is 0.251 e. The third-order valence-corrected chi connectivity index (χ3v) is 3.80. The zero-order valence-corrected chi connectivity index (χ0v) is 17.9. The maximum absolute atomic E-state index is 12.9. The highest BCUT2D eigenvalue weighted by Crippen LogP contribution is 2.07. The van der Waals surface area contributed by atoms with Crippen LogP contribution in [0.3, 0.4) is 0 Å². The number of benzene rings is 2. The van der Waals surface area contributed by atoms with Crippen molar-refractivity contribution in [2.75, 3.05) is 20.1 Å². The fourth-order valence-corrected chi connectivity index (χ4v) is 2.44. The molecular formula is C20H26FIN4O. The van der Waals surface area contributed by atoms with Crippen LogP contribution < -0.4 is 16.0 Å². The number of halogens is 2. The van der Waals surface area contributed by atoms with Crippen LogP contribution in [0.15, 0.2) is 53.5 Å². The molecule has 0 aliphatic heterocycles. The first-order valence-electron chi connectivity index (χ1n) is 8.70. The number of carbonyl (C=O) groups excluding carboxylic acids is 1. The zero-order valence-electron chi connectivity index (χ0n) is 15.6. The summed E-state index contributed by atoms with van der Waals surface area (Å²) in [6.07, 6.45) is 0.775. The molecular weight excluding hydrogens is 458 g/mol. The molecule has 3 N–H and O–H groups in total. The highest BCUT2D eigenvalue weighted by atomic mass is 127. The van der Waals surface area contributed by atoms with Crippen LogP contribution in [0.2, 0.25) is 0 Å². The molecule has 0 aliphatic carbocycles. The number of aliphatic imine (C=N–C) groups is 1. The quantitative estimate of drug-likeness (QED) is 0.322. The van der Waals surface area contributed by atoms with Crippen molar-refractivity contribution in [3.8, 4) is 0 Å². The summed E-state index contributed by atoms with van der Waals surface area (Å²) >= 11 is 0. The third-order valence-electron chi connectivity index (χ3n) is 3.80. The van der Waals surface area contributed by atoms with Gasteiger partial charge in [-0.25, -0.2) is 9.38 Å². The van der Waals surface area contributed by atoms with Crippen LogP contribution in [0, 0.1) is 5.82 Å². The molecule has 27 heavy (non-hydrogen) atoms. The monoisotopic (exact) mass is 484 g/mol. The van der Waals surface area contributed by atoms with Gasteiger partial charge in [0.1, 0.15) is 5.82 Å². The van der Waals surface area contributed by atoms with E-state index in [2.05, 4.69) is 20.9 Å². The van der Waals surface area contributed by atoms with Crippen LogP contribution in [-0.4, -0.2) is 32.0 Å². The van der Waals surface area contributed by atoms with Gasteiger partial charge in [-0.05, 0) is 48.7 Å². The van der Waals surface area contributed by atoms with Gasteiger partial charge in [-0.3, -0.25) is 4.79 Å². The van der Waals surface area contributed by atoms with Crippen molar-refractivity contribution in [3.63, 3.8) is 0 Å². The number of hydrogen-bond acceptors (Lipinski definition) is 2. The molecule has 1 amide bonds. The first-order chi connectivity index (χ1) is 12.6. The lowest BCUT2D eigenvalue weighted by Gasteiger charge is -2.11. The van der Waals surface area contributed by atoms with Gasteiger partial charge in [0.15, 0.2) is 5.96 Å². The van der Waals surface area contributed by atoms with Gasteiger partial charge in [-0.1, -0.05) is 24.3 Å². The number of carbonyl (C=O) groups is 1. The molecule has 7 heteroatoms. The summed E-state index contributed by atoms with van der Waals surface area (Å²) in [7, 11) is 1.61. The number of guanidine groups is 1. The molecule has 0 bridgehead atoms. The largest absolute Gasteiger partial charge is 0.357 e. The second kappa shape index (κ2) is 12.3. The van der Waals surface area contributed by atoms with Gasteiger partial charge in [0, 0.05) is 25.7 Å². The summed E-state index contributed by atoms with van der Waals surface area (Å²) in [4.78, 5) is 16.3. The minimum Gasteiger partial charge on any atom is -0.357 e. The van der Waals surface area contributed by atoms with Crippen molar-refractivity contribution < 1.29 is 9.18 Å². The number of nitrogens with zero attached hydrogens (tertiary/aromatic N) is 1. The minimum absolute atomic E-state index is 0. The Hall–Kier alpha value is -2.16. The van der Waals surface area contributed by atoms with E-state index in [0.29, 0.717) is 24.6 Å². The first kappa shape index (κ1) is 22.9. The van der Waals surface area contributed by atoms with Gasteiger partial charge in [0.05, 0.1) is 6.54 Å². The van der Waals surface area contributed by atoms with E-state index in [0.717, 1.165) is 24.1 Å². The second-order valence-electron chi connectivity index (χ2n) is 5.78. The zero-order chi connectivity index (χ0) is 18.8. The molecule has 0 fully saturated rings. The fourth-order valence-electron chi connectivity index (χ4n) is 2.44. The molecule has 2 aromatic carbocycles. The number of nitrogens with one attached hydrogen (secondary N) is 3. The van der Waals surface area contributed by atoms with E-state index < -0.39 is 0 Å². The predicted octanol–water partition coefficient (Wildman–Crippen LogP) is 3.10. The van der Waals surface area contributed by atoms with Crippen LogP contribution >= 0.6 is 24.0 Å². The van der Waals surface area contributed by atoms with Crippen LogP contribution in [0.5, 0.6) is 0 Å². The number of hydrogen-bond donors (Lipinski definition) is 3. The average molecular weight is 484 g/mol. The van der Waals surface area contributed by atoms with E-state index in [1.807, 2.05) is 25.1 Å². The van der Waals surface area contributed by atoms with Crippen LogP contribution in [0.4, 0.5) is 4.39 Å². The Bertz CT molecular complexity index is 750. The maximum atomic E-state index is 12.9. The molecule has 0 aliphatic rings. The molecule has 0 atom stereocenters. The van der Waals surface area contributed by atoms with E-state index in [1.54, 1.807) is 25.2 Å². The molecule has 146 valence electrons. The molecule has 0 heterocycles. The van der Waals surface area contributed by atoms with Gasteiger partial charge >= 0.3 is 0 Å². The molecule has 2 rings (SSSR count). The fraction of sp³-hybridized carbons (Fsp3) is 0.300. The molecule has 0 spiro atoms. The molecule has 2 aromatic rings. The minimum atomic E-state index is -0.226. The number of amides is 1. The topological polar surface area (TPSA) is 65.5 Å². The van der Waals surface area contributed by atoms with Crippen molar-refractivity contribution in [1.29, 1.82) is 0 Å². The van der Waals surface area contributed by atoms with Crippen molar-refractivity contribution in [1.82, 2.24) is 16.0 Å². The number of rotatable bonds is 7. The van der Waals surface area contributed by atoms with Crippen molar-refractivity contribution >= 4 is 35.8 Å². The van der Waals surface area contributed by atoms with E-state index in [1.165, 1.54) is 12.1 Å². The lowest BCUT2D eigenvalue weighted by atomic mass is 10.1. The summed E-state index contributed by atoms with van der Waals surface area (Å²) in [6.45, 7) is 3.91. The summed E-state index contributed by atoms with van der Waals surface area (Å²) in [5.74, 6) is 0.371. The standard InChI is InChI=1S/C20H25FN4O.HI/c1-3-23-20(24-12-11-15-7-9-18(21)10-8-15)25-14-16-5-4-6-17(13-16)19(26)22-2;/h4-10,13H,3,11-12,14H2,1-2H3,(H,22,26)(H2,23,24,25);1H. The first-order valence-corrected chi connectivity index (χ1v) is 8.70. The lowest BCUT2D eigenvalue weighted by molar-refractivity contribution is 0.0963. The third kappa shape index (κ3) is 7.94. The Morgan fingerprint density at radius 2 is 1.81 bits per heavy atom. The SMILES string of the molecule is CCNC(=NCc1cccc(C(=O)NC)c1)NCCc1ccc(F)cc1.I. The van der Waals surface area contributed by atoms with E-state index in [9.17, 15) is 9.18 Å². The van der Waals surface area contributed by atoms with E-state index in [4.69, 9.17) is 0 Å². The van der Waals surface area contributed by atoms with Crippen molar-refractivity contribution in [3.05, 3.63) is 71.0 Å². The Morgan fingerprint density at radius 1 is 1.07 bits per heavy atom. The average Bonchev–Trinajstić information content (AvgIpc) is 2.67. The molecule has 0 aromatic heterocycles. The van der Waals surface area contributed by atoms with E-state index >= 15 is 0 Å². The molecule has 0 saturated carbocycles. The van der Waals surface area contributed by atoms with E-state index in [-0.39, 0.29) is 35.7 Å². The highest BCUT2D eigenvalue weighted by molar-refractivity contribution is 14.0. The van der Waals surface area contributed by atoms with Crippen molar-refractivity contribution in [2.45, 2.75) is 19.9 Å². The van der Waals surface area contributed by atoms with Crippen molar-refractivity contribution in [2.24, 2.45) is 4.99 Å². The van der Waals surface area contributed by atoms with Crippen LogP contribution in [0.1, 0.15) is 28.4 Å². The highest BCUT2D eigenvalue weighted by Gasteiger charge is 2.04. The van der Waals surface area contributed by atoms with Gasteiger partial charge in [-0.2, -0.15) is 0 Å². The Morgan fingerprint density at radius 3 is 2.48 bits per heavy atom. The summed E-state index contributed by atoms with van der Waals surface area (Å²) in [6, 6.07) is 13.9. The molecule has 0 saturated heterocycles. The van der Waals surface area contributed by atoms with Gasteiger partial charge < -0.3 is 16.0 Å². The molecule has 0 radical (unpaired) electrons. The van der Waals surface area contributed by atoms with Gasteiger partial charge in [0.2, 0.25) is 0 Å². The summed E-state index contributed by atoms with van der Waals surface area (Å²) < 4.78 is 12.9. The normalized spacial score (nSPS) is 10.7. The Kier molecular flexibility index (Phi) is 10.4. The van der Waals surface area contributed by atoms with Gasteiger partial charge in [0.25, 0.3) is 5.91 Å². The van der Waals surface area contributed by atoms with Crippen LogP contribution in [0.25, 0.3) is 0 Å². The summed E-state index contributed by atoms with van der Waals surface area (Å²) in [5, 5.41) is 9.08. The Balaban J connectivity index is 0.00000364. The Labute approximate surface area is 176 Å². The lowest BCUT2D eigenvalue weighted by Crippen LogP contribution is -2.38. The van der Waals surface area contributed by atoms with Crippen LogP contribution in [-0.2, 0) is 13.0 Å². The molecule has 5 nitrogen and oxygen atoms in total. The predicted molar refractivity (Wildman–Crippen MR) is 118 cm³/mol. The molecule has 0 unspecified atom stereocenters. The second-order valence-corrected chi connectivity index (χ2v) is 5.78. The summed E-state index contributed by atoms with van der Waals surface area (Å²) in [5.41, 5.74) is 2.64.